The summed E-state index contributed by atoms with van der Waals surface area (Å²) in [7, 11) is 2.06. The van der Waals surface area contributed by atoms with Crippen molar-refractivity contribution in [1.82, 2.24) is 14.5 Å². The summed E-state index contributed by atoms with van der Waals surface area (Å²) in [6, 6.07) is 0. The first kappa shape index (κ1) is 14.1. The van der Waals surface area contributed by atoms with Gasteiger partial charge in [-0.3, -0.25) is 9.69 Å². The maximum Gasteiger partial charge on any atom is 0.305 e. The highest BCUT2D eigenvalue weighted by Crippen LogP contribution is 2.35. The first-order chi connectivity index (χ1) is 9.12. The Morgan fingerprint density at radius 2 is 2.16 bits per heavy atom. The number of carboxylic acids is 1. The van der Waals surface area contributed by atoms with Gasteiger partial charge in [0.15, 0.2) is 0 Å². The zero-order valence-corrected chi connectivity index (χ0v) is 11.6. The Bertz CT molecular complexity index is 397. The second-order valence-electron chi connectivity index (χ2n) is 5.58. The minimum Gasteiger partial charge on any atom is -0.481 e. The van der Waals surface area contributed by atoms with Crippen LogP contribution in [0.15, 0.2) is 18.7 Å². The zero-order valence-electron chi connectivity index (χ0n) is 11.6. The van der Waals surface area contributed by atoms with E-state index < -0.39 is 5.97 Å². The van der Waals surface area contributed by atoms with Gasteiger partial charge in [-0.1, -0.05) is 19.3 Å². The number of imidazole rings is 1. The number of hydrogen-bond acceptors (Lipinski definition) is 3. The average Bonchev–Trinajstić information content (AvgIpc) is 2.89. The normalized spacial score (nSPS) is 18.6. The lowest BCUT2D eigenvalue weighted by molar-refractivity contribution is -0.141. The third kappa shape index (κ3) is 3.56. The topological polar surface area (TPSA) is 58.4 Å². The summed E-state index contributed by atoms with van der Waals surface area (Å²) in [4.78, 5) is 17.4. The van der Waals surface area contributed by atoms with Gasteiger partial charge in [-0.2, -0.15) is 0 Å². The highest BCUT2D eigenvalue weighted by molar-refractivity contribution is 5.68. The van der Waals surface area contributed by atoms with Crippen LogP contribution in [0.2, 0.25) is 0 Å². The van der Waals surface area contributed by atoms with E-state index in [1.807, 2.05) is 10.8 Å². The highest BCUT2D eigenvalue weighted by atomic mass is 16.4. The van der Waals surface area contributed by atoms with E-state index in [2.05, 4.69) is 16.9 Å². The number of carbonyl (C=O) groups is 1. The molecular formula is C14H23N3O2. The van der Waals surface area contributed by atoms with E-state index in [1.54, 1.807) is 12.5 Å². The lowest BCUT2D eigenvalue weighted by Gasteiger charge is -2.44. The Morgan fingerprint density at radius 3 is 2.74 bits per heavy atom. The molecule has 0 unspecified atom stereocenters. The van der Waals surface area contributed by atoms with Gasteiger partial charge in [-0.15, -0.1) is 0 Å². The molecule has 1 heterocycles. The molecule has 0 radical (unpaired) electrons. The number of likely N-dealkylation sites (N-methyl/N-ethyl adjacent to an activating group) is 1. The predicted octanol–water partition coefficient (Wildman–Crippen LogP) is 1.99. The van der Waals surface area contributed by atoms with E-state index in [9.17, 15) is 9.90 Å². The van der Waals surface area contributed by atoms with Crippen molar-refractivity contribution >= 4 is 5.97 Å². The quantitative estimate of drug-likeness (QED) is 0.854. The van der Waals surface area contributed by atoms with Crippen molar-refractivity contribution in [3.8, 4) is 0 Å². The first-order valence-corrected chi connectivity index (χ1v) is 7.01. The van der Waals surface area contributed by atoms with Gasteiger partial charge in [0.1, 0.15) is 0 Å². The van der Waals surface area contributed by atoms with Gasteiger partial charge < -0.3 is 9.67 Å². The molecule has 1 saturated carbocycles. The standard InChI is InChI=1S/C14H23N3O2/c1-16(9-10-17-8-7-15-12-17)14(11-13(18)19)5-3-2-4-6-14/h7-8,12H,2-6,9-11H2,1H3,(H,18,19). The number of rotatable bonds is 6. The molecule has 5 nitrogen and oxygen atoms in total. The second kappa shape index (κ2) is 6.19. The van der Waals surface area contributed by atoms with Gasteiger partial charge in [0, 0.05) is 31.0 Å². The minimum atomic E-state index is -0.684. The van der Waals surface area contributed by atoms with Crippen LogP contribution in [-0.2, 0) is 11.3 Å². The van der Waals surface area contributed by atoms with Crippen molar-refractivity contribution in [2.75, 3.05) is 13.6 Å². The summed E-state index contributed by atoms with van der Waals surface area (Å²) in [6.45, 7) is 1.72. The molecule has 0 atom stereocenters. The van der Waals surface area contributed by atoms with Crippen molar-refractivity contribution in [2.24, 2.45) is 0 Å². The molecule has 0 amide bonds. The molecule has 1 N–H and O–H groups in total. The third-order valence-corrected chi connectivity index (χ3v) is 4.33. The highest BCUT2D eigenvalue weighted by Gasteiger charge is 2.37. The molecular weight excluding hydrogens is 242 g/mol. The molecule has 1 aromatic rings. The SMILES string of the molecule is CN(CCn1ccnc1)C1(CC(=O)O)CCCCC1. The van der Waals surface area contributed by atoms with Crippen LogP contribution in [0.4, 0.5) is 0 Å². The molecule has 0 spiro atoms. The molecule has 1 aliphatic rings. The lowest BCUT2D eigenvalue weighted by Crippen LogP contribution is -2.50. The number of nitrogens with zero attached hydrogens (tertiary/aromatic N) is 3. The Kier molecular flexibility index (Phi) is 4.58. The molecule has 2 rings (SSSR count). The fourth-order valence-electron chi connectivity index (χ4n) is 3.11. The van der Waals surface area contributed by atoms with Crippen molar-refractivity contribution < 1.29 is 9.90 Å². The summed E-state index contributed by atoms with van der Waals surface area (Å²) < 4.78 is 2.04. The molecule has 0 saturated heterocycles. The smallest absolute Gasteiger partial charge is 0.305 e. The Hall–Kier alpha value is -1.36. The van der Waals surface area contributed by atoms with Crippen LogP contribution in [0.25, 0.3) is 0 Å². The summed E-state index contributed by atoms with van der Waals surface area (Å²) in [5, 5.41) is 9.19. The Morgan fingerprint density at radius 1 is 1.42 bits per heavy atom. The summed E-state index contributed by atoms with van der Waals surface area (Å²) in [5.41, 5.74) is -0.148. The lowest BCUT2D eigenvalue weighted by atomic mass is 9.78. The van der Waals surface area contributed by atoms with Crippen LogP contribution in [0.1, 0.15) is 38.5 Å². The van der Waals surface area contributed by atoms with Crippen LogP contribution in [0.3, 0.4) is 0 Å². The molecule has 0 bridgehead atoms. The summed E-state index contributed by atoms with van der Waals surface area (Å²) in [5.74, 6) is -0.684. The minimum absolute atomic E-state index is 0.148. The molecule has 1 fully saturated rings. The third-order valence-electron chi connectivity index (χ3n) is 4.33. The van der Waals surface area contributed by atoms with E-state index in [-0.39, 0.29) is 12.0 Å². The van der Waals surface area contributed by atoms with E-state index in [0.29, 0.717) is 0 Å². The van der Waals surface area contributed by atoms with Crippen LogP contribution in [0.5, 0.6) is 0 Å². The molecule has 1 aliphatic carbocycles. The van der Waals surface area contributed by atoms with E-state index in [1.165, 1.54) is 6.42 Å². The second-order valence-corrected chi connectivity index (χ2v) is 5.58. The summed E-state index contributed by atoms with van der Waals surface area (Å²) >= 11 is 0. The molecule has 19 heavy (non-hydrogen) atoms. The van der Waals surface area contributed by atoms with Crippen molar-refractivity contribution in [1.29, 1.82) is 0 Å². The predicted molar refractivity (Wildman–Crippen MR) is 72.9 cm³/mol. The first-order valence-electron chi connectivity index (χ1n) is 7.01. The Labute approximate surface area is 114 Å². The maximum atomic E-state index is 11.2. The molecule has 0 aromatic carbocycles. The van der Waals surface area contributed by atoms with Crippen molar-refractivity contribution in [3.05, 3.63) is 18.7 Å². The fraction of sp³-hybridized carbons (Fsp3) is 0.714. The number of aliphatic carboxylic acids is 1. The monoisotopic (exact) mass is 265 g/mol. The fourth-order valence-corrected chi connectivity index (χ4v) is 3.11. The van der Waals surface area contributed by atoms with Gasteiger partial charge in [-0.05, 0) is 19.9 Å². The van der Waals surface area contributed by atoms with Crippen LogP contribution >= 0.6 is 0 Å². The molecule has 5 heteroatoms. The number of carboxylic acid groups (broad SMARTS) is 1. The van der Waals surface area contributed by atoms with Crippen LogP contribution < -0.4 is 0 Å². The number of hydrogen-bond donors (Lipinski definition) is 1. The van der Waals surface area contributed by atoms with Gasteiger partial charge >= 0.3 is 5.97 Å². The van der Waals surface area contributed by atoms with E-state index in [4.69, 9.17) is 0 Å². The van der Waals surface area contributed by atoms with Gasteiger partial charge in [0.05, 0.1) is 12.7 Å². The van der Waals surface area contributed by atoms with Crippen LogP contribution in [-0.4, -0.2) is 44.7 Å². The summed E-state index contributed by atoms with van der Waals surface area (Å²) in [6.07, 6.45) is 11.3. The molecule has 0 aliphatic heterocycles. The van der Waals surface area contributed by atoms with Crippen molar-refractivity contribution in [3.63, 3.8) is 0 Å². The molecule has 106 valence electrons. The largest absolute Gasteiger partial charge is 0.481 e. The van der Waals surface area contributed by atoms with Gasteiger partial charge in [-0.25, -0.2) is 4.98 Å². The van der Waals surface area contributed by atoms with Gasteiger partial charge in [0.25, 0.3) is 0 Å². The average molecular weight is 265 g/mol. The maximum absolute atomic E-state index is 11.2. The van der Waals surface area contributed by atoms with Crippen LogP contribution in [0, 0.1) is 0 Å². The van der Waals surface area contributed by atoms with E-state index in [0.717, 1.165) is 38.8 Å². The van der Waals surface area contributed by atoms with E-state index >= 15 is 0 Å². The Balaban J connectivity index is 1.98. The van der Waals surface area contributed by atoms with Gasteiger partial charge in [0.2, 0.25) is 0 Å². The van der Waals surface area contributed by atoms with Crippen molar-refractivity contribution in [2.45, 2.75) is 50.6 Å². The number of aromatic nitrogens is 2. The zero-order chi connectivity index (χ0) is 13.7. The molecule has 1 aromatic heterocycles.